The average molecular weight is 252 g/mol. The molecule has 0 aliphatic heterocycles. The van der Waals surface area contributed by atoms with Crippen molar-refractivity contribution in [3.05, 3.63) is 12.4 Å². The van der Waals surface area contributed by atoms with Gasteiger partial charge in [0.15, 0.2) is 0 Å². The molecule has 1 aromatic heterocycles. The van der Waals surface area contributed by atoms with Gasteiger partial charge in [-0.2, -0.15) is 5.10 Å². The van der Waals surface area contributed by atoms with Crippen molar-refractivity contribution in [1.82, 2.24) is 15.1 Å². The Bertz CT molecular complexity index is 397. The Morgan fingerprint density at radius 2 is 2.22 bits per heavy atom. The fourth-order valence-corrected chi connectivity index (χ4v) is 2.33. The van der Waals surface area contributed by atoms with Crippen LogP contribution in [0.1, 0.15) is 25.7 Å². The summed E-state index contributed by atoms with van der Waals surface area (Å²) in [5, 5.41) is 18.7. The first-order valence-electron chi connectivity index (χ1n) is 6.34. The second-order valence-electron chi connectivity index (χ2n) is 4.90. The van der Waals surface area contributed by atoms with Crippen LogP contribution in [0.5, 0.6) is 0 Å². The molecule has 0 unspecified atom stereocenters. The number of hydrogen-bond donors (Lipinski definition) is 3. The van der Waals surface area contributed by atoms with Gasteiger partial charge in [0.2, 0.25) is 0 Å². The standard InChI is InChI=1S/C12H20N4O2/c1-16-7-11(6-13-16)15-12(18)14-10-4-2-9(8-17)3-5-10/h6-7,9-10,17H,2-5,8H2,1H3,(H2,14,15,18). The Morgan fingerprint density at radius 1 is 1.50 bits per heavy atom. The van der Waals surface area contributed by atoms with Gasteiger partial charge >= 0.3 is 6.03 Å². The van der Waals surface area contributed by atoms with Crippen LogP contribution in [-0.2, 0) is 7.05 Å². The lowest BCUT2D eigenvalue weighted by molar-refractivity contribution is 0.176. The highest BCUT2D eigenvalue weighted by Crippen LogP contribution is 2.23. The number of amides is 2. The van der Waals surface area contributed by atoms with Crippen LogP contribution in [0.2, 0.25) is 0 Å². The highest BCUT2D eigenvalue weighted by Gasteiger charge is 2.21. The molecule has 3 N–H and O–H groups in total. The Balaban J connectivity index is 1.75. The number of nitrogens with one attached hydrogen (secondary N) is 2. The quantitative estimate of drug-likeness (QED) is 0.753. The number of hydrogen-bond acceptors (Lipinski definition) is 3. The maximum Gasteiger partial charge on any atom is 0.319 e. The first-order chi connectivity index (χ1) is 8.67. The van der Waals surface area contributed by atoms with Crippen molar-refractivity contribution in [2.24, 2.45) is 13.0 Å². The molecule has 0 spiro atoms. The molecule has 6 nitrogen and oxygen atoms in total. The molecule has 2 rings (SSSR count). The van der Waals surface area contributed by atoms with Crippen LogP contribution in [0.25, 0.3) is 0 Å². The van der Waals surface area contributed by atoms with Crippen LogP contribution in [0.15, 0.2) is 12.4 Å². The van der Waals surface area contributed by atoms with Gasteiger partial charge in [-0.1, -0.05) is 0 Å². The molecule has 1 saturated carbocycles. The third-order valence-corrected chi connectivity index (χ3v) is 3.40. The summed E-state index contributed by atoms with van der Waals surface area (Å²) < 4.78 is 1.64. The van der Waals surface area contributed by atoms with Gasteiger partial charge in [-0.05, 0) is 31.6 Å². The normalized spacial score (nSPS) is 23.7. The van der Waals surface area contributed by atoms with Gasteiger partial charge in [0, 0.05) is 25.9 Å². The second kappa shape index (κ2) is 5.86. The van der Waals surface area contributed by atoms with E-state index in [9.17, 15) is 4.79 Å². The molecule has 0 bridgehead atoms. The Labute approximate surface area is 106 Å². The molecule has 100 valence electrons. The zero-order valence-electron chi connectivity index (χ0n) is 10.6. The van der Waals surface area contributed by atoms with Gasteiger partial charge in [-0.25, -0.2) is 4.79 Å². The minimum Gasteiger partial charge on any atom is -0.396 e. The monoisotopic (exact) mass is 252 g/mol. The molecule has 18 heavy (non-hydrogen) atoms. The minimum absolute atomic E-state index is 0.185. The molecular weight excluding hydrogens is 232 g/mol. The summed E-state index contributed by atoms with van der Waals surface area (Å²) in [6, 6.07) is 0.0277. The van der Waals surface area contributed by atoms with Gasteiger partial charge in [-0.3, -0.25) is 4.68 Å². The molecule has 0 aromatic carbocycles. The molecule has 2 amide bonds. The van der Waals surface area contributed by atoms with E-state index in [-0.39, 0.29) is 18.7 Å². The topological polar surface area (TPSA) is 79.2 Å². The van der Waals surface area contributed by atoms with E-state index in [0.29, 0.717) is 11.6 Å². The van der Waals surface area contributed by atoms with Crippen molar-refractivity contribution >= 4 is 11.7 Å². The molecule has 0 saturated heterocycles. The summed E-state index contributed by atoms with van der Waals surface area (Å²) in [7, 11) is 1.80. The van der Waals surface area contributed by atoms with E-state index < -0.39 is 0 Å². The molecule has 1 heterocycles. The van der Waals surface area contributed by atoms with E-state index >= 15 is 0 Å². The predicted octanol–water partition coefficient (Wildman–Crippen LogP) is 1.09. The van der Waals surface area contributed by atoms with Crippen molar-refractivity contribution in [3.63, 3.8) is 0 Å². The number of rotatable bonds is 3. The Hall–Kier alpha value is -1.56. The molecular formula is C12H20N4O2. The van der Waals surface area contributed by atoms with Gasteiger partial charge in [0.1, 0.15) is 0 Å². The second-order valence-corrected chi connectivity index (χ2v) is 4.90. The average Bonchev–Trinajstić information content (AvgIpc) is 2.75. The van der Waals surface area contributed by atoms with Crippen molar-refractivity contribution in [3.8, 4) is 0 Å². The number of carbonyl (C=O) groups excluding carboxylic acids is 1. The van der Waals surface area contributed by atoms with Crippen LogP contribution in [0.4, 0.5) is 10.5 Å². The van der Waals surface area contributed by atoms with E-state index in [2.05, 4.69) is 15.7 Å². The smallest absolute Gasteiger partial charge is 0.319 e. The summed E-state index contributed by atoms with van der Waals surface area (Å²) in [5.41, 5.74) is 0.694. The third kappa shape index (κ3) is 3.46. The fourth-order valence-electron chi connectivity index (χ4n) is 2.33. The summed E-state index contributed by atoms with van der Waals surface area (Å²) in [4.78, 5) is 11.7. The molecule has 1 fully saturated rings. The minimum atomic E-state index is -0.185. The van der Waals surface area contributed by atoms with Crippen molar-refractivity contribution in [2.45, 2.75) is 31.7 Å². The maximum atomic E-state index is 11.7. The van der Waals surface area contributed by atoms with Crippen LogP contribution >= 0.6 is 0 Å². The molecule has 6 heteroatoms. The number of urea groups is 1. The van der Waals surface area contributed by atoms with E-state index in [1.54, 1.807) is 24.1 Å². The van der Waals surface area contributed by atoms with Crippen LogP contribution < -0.4 is 10.6 Å². The predicted molar refractivity (Wildman–Crippen MR) is 68.2 cm³/mol. The third-order valence-electron chi connectivity index (χ3n) is 3.40. The van der Waals surface area contributed by atoms with E-state index in [1.807, 2.05) is 0 Å². The molecule has 1 aliphatic rings. The molecule has 0 atom stereocenters. The van der Waals surface area contributed by atoms with E-state index in [1.165, 1.54) is 0 Å². The van der Waals surface area contributed by atoms with E-state index in [0.717, 1.165) is 25.7 Å². The molecule has 1 aliphatic carbocycles. The molecule has 1 aromatic rings. The first kappa shape index (κ1) is 12.9. The fraction of sp³-hybridized carbons (Fsp3) is 0.667. The SMILES string of the molecule is Cn1cc(NC(=O)NC2CCC(CO)CC2)cn1. The lowest BCUT2D eigenvalue weighted by Crippen LogP contribution is -2.40. The Kier molecular flexibility index (Phi) is 4.19. The van der Waals surface area contributed by atoms with Gasteiger partial charge in [0.25, 0.3) is 0 Å². The highest BCUT2D eigenvalue weighted by atomic mass is 16.3. The number of nitrogens with zero attached hydrogens (tertiary/aromatic N) is 2. The zero-order valence-corrected chi connectivity index (χ0v) is 10.6. The largest absolute Gasteiger partial charge is 0.396 e. The number of anilines is 1. The number of aryl methyl sites for hydroxylation is 1. The molecule has 0 radical (unpaired) electrons. The number of aliphatic hydroxyl groups is 1. The van der Waals surface area contributed by atoms with Crippen molar-refractivity contribution in [1.29, 1.82) is 0 Å². The van der Waals surface area contributed by atoms with Crippen LogP contribution in [0.3, 0.4) is 0 Å². The highest BCUT2D eigenvalue weighted by molar-refractivity contribution is 5.89. The first-order valence-corrected chi connectivity index (χ1v) is 6.34. The van der Waals surface area contributed by atoms with Crippen LogP contribution in [-0.4, -0.2) is 33.6 Å². The van der Waals surface area contributed by atoms with Crippen LogP contribution in [0, 0.1) is 5.92 Å². The van der Waals surface area contributed by atoms with Crippen molar-refractivity contribution in [2.75, 3.05) is 11.9 Å². The Morgan fingerprint density at radius 3 is 2.78 bits per heavy atom. The van der Waals surface area contributed by atoms with E-state index in [4.69, 9.17) is 5.11 Å². The zero-order chi connectivity index (χ0) is 13.0. The summed E-state index contributed by atoms with van der Waals surface area (Å²) in [6.07, 6.45) is 7.20. The van der Waals surface area contributed by atoms with Gasteiger partial charge < -0.3 is 15.7 Å². The number of carbonyl (C=O) groups is 1. The number of aliphatic hydroxyl groups excluding tert-OH is 1. The maximum absolute atomic E-state index is 11.7. The van der Waals surface area contributed by atoms with Gasteiger partial charge in [0.05, 0.1) is 11.9 Å². The lowest BCUT2D eigenvalue weighted by atomic mass is 9.87. The van der Waals surface area contributed by atoms with Gasteiger partial charge in [-0.15, -0.1) is 0 Å². The summed E-state index contributed by atoms with van der Waals surface area (Å²) in [6.45, 7) is 0.259. The summed E-state index contributed by atoms with van der Waals surface area (Å²) in [5.74, 6) is 0.407. The van der Waals surface area contributed by atoms with Crippen molar-refractivity contribution < 1.29 is 9.90 Å². The lowest BCUT2D eigenvalue weighted by Gasteiger charge is -2.27. The number of aromatic nitrogens is 2. The summed E-state index contributed by atoms with van der Waals surface area (Å²) >= 11 is 0.